The number of hydrogen-bond donors (Lipinski definition) is 1. The summed E-state index contributed by atoms with van der Waals surface area (Å²) in [4.78, 5) is 49.7. The number of fused-ring (bicyclic) bond motifs is 1. The zero-order valence-electron chi connectivity index (χ0n) is 17.8. The Morgan fingerprint density at radius 2 is 1.97 bits per heavy atom. The number of piperazine rings is 1. The Morgan fingerprint density at radius 1 is 1.23 bits per heavy atom. The number of nitrogens with one attached hydrogen (secondary N) is 1. The van der Waals surface area contributed by atoms with E-state index in [0.29, 0.717) is 60.2 Å². The van der Waals surface area contributed by atoms with Crippen molar-refractivity contribution in [2.24, 2.45) is 0 Å². The van der Waals surface area contributed by atoms with Gasteiger partial charge in [-0.25, -0.2) is 9.78 Å². The van der Waals surface area contributed by atoms with E-state index in [1.807, 2.05) is 5.38 Å². The Hall–Kier alpha value is -2.98. The van der Waals surface area contributed by atoms with Crippen molar-refractivity contribution in [3.63, 3.8) is 0 Å². The van der Waals surface area contributed by atoms with Gasteiger partial charge < -0.3 is 14.6 Å². The number of carbonyl (C=O) groups is 2. The molecule has 0 radical (unpaired) electrons. The molecule has 31 heavy (non-hydrogen) atoms. The standard InChI is InChI=1S/C21H25N5O4S/c1-4-30-20(29)17-13(2)18(22-14(17)3)19(28)25-7-5-24(6-8-25)12-15-11-16(27)26-9-10-31-21(26)23-15/h9-11,22H,4-8,12H2,1-3H3. The average Bonchev–Trinajstić information content (AvgIpc) is 3.32. The second-order valence-corrected chi connectivity index (χ2v) is 8.43. The van der Waals surface area contributed by atoms with E-state index in [1.54, 1.807) is 37.9 Å². The Bertz CT molecular complexity index is 1190. The average molecular weight is 444 g/mol. The lowest BCUT2D eigenvalue weighted by atomic mass is 10.1. The Balaban J connectivity index is 1.41. The summed E-state index contributed by atoms with van der Waals surface area (Å²) in [6.45, 7) is 8.63. The van der Waals surface area contributed by atoms with Gasteiger partial charge in [0, 0.05) is 56.1 Å². The predicted octanol–water partition coefficient (Wildman–Crippen LogP) is 1.84. The maximum Gasteiger partial charge on any atom is 0.340 e. The van der Waals surface area contributed by atoms with Gasteiger partial charge in [-0.05, 0) is 26.3 Å². The molecule has 10 heteroatoms. The number of ether oxygens (including phenoxy) is 1. The number of aryl methyl sites for hydroxylation is 1. The van der Waals surface area contributed by atoms with Crippen molar-refractivity contribution < 1.29 is 14.3 Å². The Labute approximate surface area is 183 Å². The van der Waals surface area contributed by atoms with E-state index in [9.17, 15) is 14.4 Å². The number of carbonyl (C=O) groups excluding carboxylic acids is 2. The first-order chi connectivity index (χ1) is 14.9. The van der Waals surface area contributed by atoms with Crippen LogP contribution in [0.1, 0.15) is 44.7 Å². The van der Waals surface area contributed by atoms with Gasteiger partial charge in [-0.2, -0.15) is 0 Å². The van der Waals surface area contributed by atoms with Crippen LogP contribution in [-0.4, -0.2) is 68.8 Å². The quantitative estimate of drug-likeness (QED) is 0.604. The fraction of sp³-hybridized carbons (Fsp3) is 0.429. The summed E-state index contributed by atoms with van der Waals surface area (Å²) < 4.78 is 6.65. The molecule has 0 atom stereocenters. The molecule has 1 N–H and O–H groups in total. The molecule has 9 nitrogen and oxygen atoms in total. The van der Waals surface area contributed by atoms with Gasteiger partial charge in [0.15, 0.2) is 4.96 Å². The lowest BCUT2D eigenvalue weighted by Crippen LogP contribution is -2.48. The van der Waals surface area contributed by atoms with Crippen LogP contribution in [0.25, 0.3) is 4.96 Å². The molecule has 0 aliphatic carbocycles. The summed E-state index contributed by atoms with van der Waals surface area (Å²) >= 11 is 1.43. The topological polar surface area (TPSA) is 100 Å². The van der Waals surface area contributed by atoms with Gasteiger partial charge >= 0.3 is 5.97 Å². The number of rotatable bonds is 5. The largest absolute Gasteiger partial charge is 0.462 e. The minimum absolute atomic E-state index is 0.0787. The van der Waals surface area contributed by atoms with Crippen LogP contribution in [0.15, 0.2) is 22.4 Å². The minimum Gasteiger partial charge on any atom is -0.462 e. The number of aromatic nitrogens is 3. The molecule has 0 bridgehead atoms. The molecule has 4 rings (SSSR count). The molecular weight excluding hydrogens is 418 g/mol. The number of H-pyrrole nitrogens is 1. The third kappa shape index (κ3) is 4.13. The number of amides is 1. The van der Waals surface area contributed by atoms with Gasteiger partial charge in [0.1, 0.15) is 5.69 Å². The van der Waals surface area contributed by atoms with Crippen LogP contribution in [0, 0.1) is 13.8 Å². The minimum atomic E-state index is -0.413. The molecule has 1 aliphatic rings. The zero-order chi connectivity index (χ0) is 22.1. The van der Waals surface area contributed by atoms with Gasteiger partial charge in [0.25, 0.3) is 11.5 Å². The number of aromatic amines is 1. The van der Waals surface area contributed by atoms with Crippen molar-refractivity contribution in [2.45, 2.75) is 27.3 Å². The molecule has 1 aliphatic heterocycles. The molecule has 0 spiro atoms. The van der Waals surface area contributed by atoms with Crippen molar-refractivity contribution in [2.75, 3.05) is 32.8 Å². The second-order valence-electron chi connectivity index (χ2n) is 7.56. The second kappa shape index (κ2) is 8.64. The number of hydrogen-bond acceptors (Lipinski definition) is 7. The molecule has 1 fully saturated rings. The molecule has 3 aromatic rings. The fourth-order valence-electron chi connectivity index (χ4n) is 3.94. The van der Waals surface area contributed by atoms with E-state index in [-0.39, 0.29) is 18.1 Å². The summed E-state index contributed by atoms with van der Waals surface area (Å²) in [5, 5.41) is 1.84. The van der Waals surface area contributed by atoms with Gasteiger partial charge in [0.2, 0.25) is 0 Å². The van der Waals surface area contributed by atoms with E-state index in [0.717, 1.165) is 5.69 Å². The van der Waals surface area contributed by atoms with E-state index >= 15 is 0 Å². The van der Waals surface area contributed by atoms with Crippen LogP contribution in [0.2, 0.25) is 0 Å². The van der Waals surface area contributed by atoms with Crippen LogP contribution in [0.3, 0.4) is 0 Å². The first-order valence-electron chi connectivity index (χ1n) is 10.2. The number of nitrogens with zero attached hydrogens (tertiary/aromatic N) is 4. The van der Waals surface area contributed by atoms with Crippen LogP contribution < -0.4 is 5.56 Å². The lowest BCUT2D eigenvalue weighted by Gasteiger charge is -2.34. The molecule has 1 amide bonds. The highest BCUT2D eigenvalue weighted by Gasteiger charge is 2.28. The Kier molecular flexibility index (Phi) is 5.92. The summed E-state index contributed by atoms with van der Waals surface area (Å²) in [7, 11) is 0. The lowest BCUT2D eigenvalue weighted by molar-refractivity contribution is 0.0525. The molecule has 3 aromatic heterocycles. The maximum absolute atomic E-state index is 13.1. The highest BCUT2D eigenvalue weighted by molar-refractivity contribution is 7.15. The normalized spacial score (nSPS) is 14.9. The van der Waals surface area contributed by atoms with E-state index in [2.05, 4.69) is 14.9 Å². The van der Waals surface area contributed by atoms with E-state index < -0.39 is 5.97 Å². The van der Waals surface area contributed by atoms with E-state index in [4.69, 9.17) is 4.74 Å². The molecule has 0 saturated carbocycles. The monoisotopic (exact) mass is 443 g/mol. The summed E-state index contributed by atoms with van der Waals surface area (Å²) in [5.74, 6) is -0.532. The molecule has 4 heterocycles. The van der Waals surface area contributed by atoms with E-state index in [1.165, 1.54) is 15.7 Å². The third-order valence-corrected chi connectivity index (χ3v) is 6.29. The zero-order valence-corrected chi connectivity index (χ0v) is 18.6. The van der Waals surface area contributed by atoms with Gasteiger partial charge in [-0.15, -0.1) is 11.3 Å². The van der Waals surface area contributed by atoms with Crippen molar-refractivity contribution in [1.29, 1.82) is 0 Å². The molecule has 1 saturated heterocycles. The van der Waals surface area contributed by atoms with Crippen molar-refractivity contribution in [3.05, 3.63) is 56.2 Å². The molecule has 0 aromatic carbocycles. The molecule has 0 unspecified atom stereocenters. The van der Waals surface area contributed by atoms with Crippen LogP contribution >= 0.6 is 11.3 Å². The Morgan fingerprint density at radius 3 is 2.68 bits per heavy atom. The highest BCUT2D eigenvalue weighted by atomic mass is 32.1. The van der Waals surface area contributed by atoms with Crippen LogP contribution in [0.4, 0.5) is 0 Å². The predicted molar refractivity (Wildman–Crippen MR) is 117 cm³/mol. The van der Waals surface area contributed by atoms with Crippen molar-refractivity contribution >= 4 is 28.2 Å². The molecule has 164 valence electrons. The van der Waals surface area contributed by atoms with Crippen LogP contribution in [-0.2, 0) is 11.3 Å². The van der Waals surface area contributed by atoms with Gasteiger partial charge in [0.05, 0.1) is 17.9 Å². The maximum atomic E-state index is 13.1. The van der Waals surface area contributed by atoms with Gasteiger partial charge in [-0.1, -0.05) is 0 Å². The smallest absolute Gasteiger partial charge is 0.340 e. The third-order valence-electron chi connectivity index (χ3n) is 5.53. The summed E-state index contributed by atoms with van der Waals surface area (Å²) in [6.07, 6.45) is 1.72. The fourth-order valence-corrected chi connectivity index (χ4v) is 4.68. The SMILES string of the molecule is CCOC(=O)c1c(C)[nH]c(C(=O)N2CCN(Cc3cc(=O)n4ccsc4n3)CC2)c1C. The van der Waals surface area contributed by atoms with Crippen molar-refractivity contribution in [1.82, 2.24) is 24.2 Å². The summed E-state index contributed by atoms with van der Waals surface area (Å²) in [6, 6.07) is 1.57. The van der Waals surface area contributed by atoms with Gasteiger partial charge in [-0.3, -0.25) is 18.9 Å². The van der Waals surface area contributed by atoms with Crippen LogP contribution in [0.5, 0.6) is 0 Å². The summed E-state index contributed by atoms with van der Waals surface area (Å²) in [5.41, 5.74) is 2.79. The first kappa shape index (κ1) is 21.3. The highest BCUT2D eigenvalue weighted by Crippen LogP contribution is 2.21. The number of esters is 1. The number of thiazole rings is 1. The van der Waals surface area contributed by atoms with Crippen molar-refractivity contribution in [3.8, 4) is 0 Å². The first-order valence-corrected chi connectivity index (χ1v) is 11.1. The molecular formula is C21H25N5O4S.